The van der Waals surface area contributed by atoms with Crippen LogP contribution in [-0.2, 0) is 22.6 Å². The number of likely N-dealkylation sites (N-methyl/N-ethyl adjacent to an activating group) is 1. The zero-order valence-corrected chi connectivity index (χ0v) is 18.0. The number of rotatable bonds is 8. The van der Waals surface area contributed by atoms with Crippen molar-refractivity contribution in [1.29, 1.82) is 0 Å². The van der Waals surface area contributed by atoms with Gasteiger partial charge in [0, 0.05) is 37.1 Å². The monoisotopic (exact) mass is 434 g/mol. The molecule has 0 bridgehead atoms. The van der Waals surface area contributed by atoms with Gasteiger partial charge < -0.3 is 25.3 Å². The summed E-state index contributed by atoms with van der Waals surface area (Å²) in [5.41, 5.74) is 7.10. The highest BCUT2D eigenvalue weighted by Gasteiger charge is 2.25. The molecule has 1 heterocycles. The van der Waals surface area contributed by atoms with Crippen LogP contribution in [0.1, 0.15) is 5.56 Å². The second-order valence-electron chi connectivity index (χ2n) is 7.33. The average molecular weight is 434 g/mol. The Kier molecular flexibility index (Phi) is 7.28. The van der Waals surface area contributed by atoms with E-state index in [-0.39, 0.29) is 18.0 Å². The molecule has 2 aromatic carbocycles. The summed E-state index contributed by atoms with van der Waals surface area (Å²) >= 11 is 0. The summed E-state index contributed by atoms with van der Waals surface area (Å²) in [6.45, 7) is -0.218. The predicted molar refractivity (Wildman–Crippen MR) is 124 cm³/mol. The van der Waals surface area contributed by atoms with Crippen LogP contribution in [0.3, 0.4) is 0 Å². The molecule has 0 spiro atoms. The van der Waals surface area contributed by atoms with Crippen molar-refractivity contribution in [1.82, 2.24) is 9.88 Å². The van der Waals surface area contributed by atoms with Gasteiger partial charge in [0.25, 0.3) is 5.56 Å². The Balaban J connectivity index is 1.79. The van der Waals surface area contributed by atoms with E-state index in [0.29, 0.717) is 23.5 Å². The van der Waals surface area contributed by atoms with E-state index in [1.807, 2.05) is 30.3 Å². The number of anilines is 2. The van der Waals surface area contributed by atoms with Gasteiger partial charge in [-0.2, -0.15) is 0 Å². The number of carbonyl (C=O) groups is 2. The molecule has 166 valence electrons. The fourth-order valence-corrected chi connectivity index (χ4v) is 3.27. The number of nitrogen functional groups attached to an aromatic ring is 1. The molecule has 0 fully saturated rings. The fraction of sp³-hybridized carbons (Fsp3) is 0.208. The van der Waals surface area contributed by atoms with Crippen molar-refractivity contribution in [2.45, 2.75) is 19.0 Å². The highest BCUT2D eigenvalue weighted by molar-refractivity contribution is 5.99. The van der Waals surface area contributed by atoms with Gasteiger partial charge in [0.15, 0.2) is 0 Å². The Morgan fingerprint density at radius 1 is 1.09 bits per heavy atom. The number of hydrogen-bond acceptors (Lipinski definition) is 5. The number of amides is 2. The van der Waals surface area contributed by atoms with Crippen LogP contribution in [0.4, 0.5) is 11.4 Å². The number of nitrogens with one attached hydrogen (secondary N) is 1. The minimum atomic E-state index is -0.818. The van der Waals surface area contributed by atoms with Gasteiger partial charge in [0.05, 0.1) is 7.11 Å². The first-order chi connectivity index (χ1) is 15.4. The number of nitrogens with two attached hydrogens (primary N) is 1. The summed E-state index contributed by atoms with van der Waals surface area (Å²) in [5.74, 6) is -0.0519. The van der Waals surface area contributed by atoms with Gasteiger partial charge in [-0.1, -0.05) is 30.3 Å². The van der Waals surface area contributed by atoms with Crippen LogP contribution in [0.2, 0.25) is 0 Å². The number of benzene rings is 2. The highest BCUT2D eigenvalue weighted by Crippen LogP contribution is 2.19. The number of pyridine rings is 1. The molecule has 0 saturated carbocycles. The zero-order chi connectivity index (χ0) is 23.1. The number of methoxy groups -OCH3 is 1. The quantitative estimate of drug-likeness (QED) is 0.563. The Labute approximate surface area is 186 Å². The maximum absolute atomic E-state index is 13.3. The molecule has 32 heavy (non-hydrogen) atoms. The molecule has 0 saturated heterocycles. The van der Waals surface area contributed by atoms with E-state index in [2.05, 4.69) is 5.32 Å². The lowest BCUT2D eigenvalue weighted by Crippen LogP contribution is -2.50. The summed E-state index contributed by atoms with van der Waals surface area (Å²) in [6.07, 6.45) is 1.76. The minimum absolute atomic E-state index is 0.218. The topological polar surface area (TPSA) is 107 Å². The molecule has 8 nitrogen and oxygen atoms in total. The first-order valence-electron chi connectivity index (χ1n) is 10.1. The third-order valence-corrected chi connectivity index (χ3v) is 5.04. The van der Waals surface area contributed by atoms with Crippen LogP contribution >= 0.6 is 0 Å². The molecule has 0 aliphatic rings. The van der Waals surface area contributed by atoms with Crippen molar-refractivity contribution < 1.29 is 14.3 Å². The molecule has 3 aromatic rings. The summed E-state index contributed by atoms with van der Waals surface area (Å²) in [6, 6.07) is 18.5. The second kappa shape index (κ2) is 10.3. The van der Waals surface area contributed by atoms with Crippen molar-refractivity contribution in [3.05, 3.63) is 88.8 Å². The summed E-state index contributed by atoms with van der Waals surface area (Å²) in [7, 11) is 3.22. The van der Waals surface area contributed by atoms with Crippen molar-refractivity contribution in [2.24, 2.45) is 0 Å². The van der Waals surface area contributed by atoms with E-state index in [0.717, 1.165) is 5.56 Å². The van der Waals surface area contributed by atoms with Gasteiger partial charge in [-0.05, 0) is 35.9 Å². The van der Waals surface area contributed by atoms with E-state index in [9.17, 15) is 14.4 Å². The Hall–Kier alpha value is -4.07. The number of carbonyl (C=O) groups excluding carboxylic acids is 2. The summed E-state index contributed by atoms with van der Waals surface area (Å²) in [5, 5.41) is 2.78. The van der Waals surface area contributed by atoms with Crippen LogP contribution in [-0.4, -0.2) is 36.6 Å². The molecule has 3 rings (SSSR count). The summed E-state index contributed by atoms with van der Waals surface area (Å²) < 4.78 is 6.40. The van der Waals surface area contributed by atoms with E-state index < -0.39 is 11.9 Å². The smallest absolute Gasteiger partial charge is 0.253 e. The average Bonchev–Trinajstić information content (AvgIpc) is 2.80. The Morgan fingerprint density at radius 3 is 2.41 bits per heavy atom. The van der Waals surface area contributed by atoms with E-state index >= 15 is 0 Å². The molecule has 1 atom stereocenters. The lowest BCUT2D eigenvalue weighted by Gasteiger charge is -2.25. The number of hydrogen-bond donors (Lipinski definition) is 2. The Bertz CT molecular complexity index is 1130. The van der Waals surface area contributed by atoms with Gasteiger partial charge >= 0.3 is 0 Å². The van der Waals surface area contributed by atoms with Gasteiger partial charge in [-0.25, -0.2) is 0 Å². The van der Waals surface area contributed by atoms with Crippen LogP contribution < -0.4 is 26.2 Å². The molecule has 0 unspecified atom stereocenters. The molecule has 2 amide bonds. The van der Waals surface area contributed by atoms with Crippen molar-refractivity contribution in [2.75, 3.05) is 24.8 Å². The normalized spacial score (nSPS) is 11.4. The van der Waals surface area contributed by atoms with E-state index in [4.69, 9.17) is 10.5 Å². The first-order valence-corrected chi connectivity index (χ1v) is 10.1. The standard InChI is InChI=1S/C24H26N4O4/c1-27(19-8-10-20(32-2)11-9-19)24(31)21(14-17-6-4-3-5-7-17)26-22(29)16-28-13-12-18(25)15-23(28)30/h3-13,15,21H,14,16,25H2,1-2H3,(H,26,29)/t21-/m0/s1. The molecule has 0 aliphatic heterocycles. The van der Waals surface area contributed by atoms with Crippen LogP contribution in [0.25, 0.3) is 0 Å². The third-order valence-electron chi connectivity index (χ3n) is 5.04. The molecule has 1 aromatic heterocycles. The first kappa shape index (κ1) is 22.6. The van der Waals surface area contributed by atoms with Gasteiger partial charge in [-0.3, -0.25) is 14.4 Å². The van der Waals surface area contributed by atoms with Gasteiger partial charge in [0.2, 0.25) is 11.8 Å². The molecular formula is C24H26N4O4. The van der Waals surface area contributed by atoms with E-state index in [1.165, 1.54) is 21.7 Å². The van der Waals surface area contributed by atoms with Crippen molar-refractivity contribution in [3.63, 3.8) is 0 Å². The number of ether oxygens (including phenoxy) is 1. The van der Waals surface area contributed by atoms with Crippen LogP contribution in [0.15, 0.2) is 77.7 Å². The zero-order valence-electron chi connectivity index (χ0n) is 18.0. The largest absolute Gasteiger partial charge is 0.497 e. The van der Waals surface area contributed by atoms with Crippen LogP contribution in [0.5, 0.6) is 5.75 Å². The lowest BCUT2D eigenvalue weighted by atomic mass is 10.0. The number of nitrogens with zero attached hydrogens (tertiary/aromatic N) is 2. The Morgan fingerprint density at radius 2 is 1.78 bits per heavy atom. The van der Waals surface area contributed by atoms with E-state index in [1.54, 1.807) is 44.5 Å². The second-order valence-corrected chi connectivity index (χ2v) is 7.33. The SMILES string of the molecule is COc1ccc(N(C)C(=O)[C@H](Cc2ccccc2)NC(=O)Cn2ccc(N)cc2=O)cc1. The third kappa shape index (κ3) is 5.75. The number of aromatic nitrogens is 1. The van der Waals surface area contributed by atoms with Crippen molar-refractivity contribution >= 4 is 23.2 Å². The minimum Gasteiger partial charge on any atom is -0.497 e. The highest BCUT2D eigenvalue weighted by atomic mass is 16.5. The molecule has 8 heteroatoms. The summed E-state index contributed by atoms with van der Waals surface area (Å²) in [4.78, 5) is 39.5. The molecule has 0 radical (unpaired) electrons. The predicted octanol–water partition coefficient (Wildman–Crippen LogP) is 1.83. The lowest BCUT2D eigenvalue weighted by molar-refractivity contribution is -0.127. The maximum Gasteiger partial charge on any atom is 0.253 e. The maximum atomic E-state index is 13.3. The van der Waals surface area contributed by atoms with Crippen molar-refractivity contribution in [3.8, 4) is 5.75 Å². The molecule has 3 N–H and O–H groups in total. The fourth-order valence-electron chi connectivity index (χ4n) is 3.27. The molecule has 0 aliphatic carbocycles. The van der Waals surface area contributed by atoms with Crippen LogP contribution in [0, 0.1) is 0 Å². The van der Waals surface area contributed by atoms with Gasteiger partial charge in [-0.15, -0.1) is 0 Å². The molecular weight excluding hydrogens is 408 g/mol. The van der Waals surface area contributed by atoms with Gasteiger partial charge in [0.1, 0.15) is 18.3 Å².